The van der Waals surface area contributed by atoms with Crippen LogP contribution >= 0.6 is 0 Å². The van der Waals surface area contributed by atoms with E-state index in [9.17, 15) is 4.79 Å². The van der Waals surface area contributed by atoms with Crippen molar-refractivity contribution in [2.24, 2.45) is 4.99 Å². The average Bonchev–Trinajstić information content (AvgIpc) is 3.38. The van der Waals surface area contributed by atoms with E-state index in [2.05, 4.69) is 20.7 Å². The van der Waals surface area contributed by atoms with Crippen molar-refractivity contribution >= 4 is 28.5 Å². The van der Waals surface area contributed by atoms with Crippen LogP contribution in [0.2, 0.25) is 0 Å². The molecule has 0 bridgehead atoms. The number of anilines is 1. The van der Waals surface area contributed by atoms with E-state index in [1.807, 2.05) is 35.2 Å². The molecule has 3 N–H and O–H groups in total. The van der Waals surface area contributed by atoms with Crippen molar-refractivity contribution in [3.63, 3.8) is 0 Å². The molecule has 0 amide bonds. The maximum absolute atomic E-state index is 12.1. The molecule has 154 valence electrons. The van der Waals surface area contributed by atoms with Crippen LogP contribution < -0.4 is 10.6 Å². The van der Waals surface area contributed by atoms with Crippen LogP contribution in [0.1, 0.15) is 6.92 Å². The van der Waals surface area contributed by atoms with Crippen molar-refractivity contribution < 1.29 is 9.90 Å². The third-order valence-electron chi connectivity index (χ3n) is 4.69. The summed E-state index contributed by atoms with van der Waals surface area (Å²) in [7, 11) is 0. The van der Waals surface area contributed by atoms with Gasteiger partial charge in [0.15, 0.2) is 11.6 Å². The fourth-order valence-electron chi connectivity index (χ4n) is 3.16. The minimum Gasteiger partial charge on any atom is -0.395 e. The molecule has 3 aromatic heterocycles. The van der Waals surface area contributed by atoms with Crippen molar-refractivity contribution in [3.8, 4) is 0 Å². The van der Waals surface area contributed by atoms with E-state index in [1.54, 1.807) is 30.0 Å². The number of pyridine rings is 1. The summed E-state index contributed by atoms with van der Waals surface area (Å²) in [6, 6.07) is 5.79. The second kappa shape index (κ2) is 8.75. The molecule has 3 aromatic rings. The molecule has 0 atom stereocenters. The molecule has 0 unspecified atom stereocenters. The number of rotatable bonds is 8. The van der Waals surface area contributed by atoms with Gasteiger partial charge < -0.3 is 20.3 Å². The minimum atomic E-state index is -0.0760. The molecular weight excluding hydrogens is 382 g/mol. The quantitative estimate of drug-likeness (QED) is 0.493. The summed E-state index contributed by atoms with van der Waals surface area (Å²) in [6.07, 6.45) is 10.6. The van der Waals surface area contributed by atoms with E-state index >= 15 is 0 Å². The van der Waals surface area contributed by atoms with Gasteiger partial charge in [-0.15, -0.1) is 5.10 Å². The monoisotopic (exact) mass is 405 g/mol. The lowest BCUT2D eigenvalue weighted by Crippen LogP contribution is -2.26. The van der Waals surface area contributed by atoms with E-state index in [4.69, 9.17) is 10.1 Å². The van der Waals surface area contributed by atoms with Gasteiger partial charge in [-0.2, -0.15) is 0 Å². The highest BCUT2D eigenvalue weighted by atomic mass is 16.3. The van der Waals surface area contributed by atoms with Gasteiger partial charge in [0.2, 0.25) is 0 Å². The van der Waals surface area contributed by atoms with Crippen LogP contribution in [-0.4, -0.2) is 55.5 Å². The fraction of sp³-hybridized carbons (Fsp3) is 0.238. The molecule has 0 saturated carbocycles. The average molecular weight is 405 g/mol. The molecule has 1 aliphatic rings. The number of aromatic nitrogens is 4. The van der Waals surface area contributed by atoms with E-state index in [0.29, 0.717) is 41.6 Å². The molecule has 0 saturated heterocycles. The summed E-state index contributed by atoms with van der Waals surface area (Å²) < 4.78 is 3.75. The number of imidazole rings is 1. The molecule has 4 rings (SSSR count). The predicted octanol–water partition coefficient (Wildman–Crippen LogP) is 1.71. The first-order valence-electron chi connectivity index (χ1n) is 9.71. The second-order valence-corrected chi connectivity index (χ2v) is 6.85. The van der Waals surface area contributed by atoms with Crippen LogP contribution in [-0.2, 0) is 11.3 Å². The molecule has 9 heteroatoms. The standard InChI is InChI=1S/C21H23N7O2/c1-15-12-17(16(13-19(15)30)23-7-11-29)25-20-18-4-2-3-8-28(18)26-21(20)24-6-10-27-9-5-22-14-27/h2-5,8-9,12-14,23,29H,6-7,10-11H2,1H3,(H,24,26). The largest absolute Gasteiger partial charge is 0.395 e. The van der Waals surface area contributed by atoms with Gasteiger partial charge in [-0.3, -0.25) is 4.79 Å². The summed E-state index contributed by atoms with van der Waals surface area (Å²) in [5, 5.41) is 20.2. The Morgan fingerprint density at radius 3 is 2.87 bits per heavy atom. The zero-order chi connectivity index (χ0) is 20.9. The number of hydrogen-bond acceptors (Lipinski definition) is 7. The number of hydrogen-bond donors (Lipinski definition) is 3. The highest BCUT2D eigenvalue weighted by molar-refractivity contribution is 6.22. The first-order chi connectivity index (χ1) is 14.7. The highest BCUT2D eigenvalue weighted by Crippen LogP contribution is 2.31. The highest BCUT2D eigenvalue weighted by Gasteiger charge is 2.18. The van der Waals surface area contributed by atoms with Gasteiger partial charge in [0, 0.05) is 44.3 Å². The Hall–Kier alpha value is -3.72. The van der Waals surface area contributed by atoms with Crippen molar-refractivity contribution in [3.05, 3.63) is 66.5 Å². The molecular formula is C21H23N7O2. The Morgan fingerprint density at radius 2 is 2.07 bits per heavy atom. The number of carbonyl (C=O) groups excluding carboxylic acids is 1. The van der Waals surface area contributed by atoms with Crippen molar-refractivity contribution in [1.82, 2.24) is 24.5 Å². The van der Waals surface area contributed by atoms with Crippen molar-refractivity contribution in [2.75, 3.05) is 25.0 Å². The van der Waals surface area contributed by atoms with Crippen LogP contribution in [0.4, 0.5) is 11.5 Å². The molecule has 1 aliphatic carbocycles. The minimum absolute atomic E-state index is 0.0424. The lowest BCUT2D eigenvalue weighted by molar-refractivity contribution is -0.111. The molecule has 0 aromatic carbocycles. The van der Waals surface area contributed by atoms with E-state index < -0.39 is 0 Å². The van der Waals surface area contributed by atoms with Crippen LogP contribution in [0, 0.1) is 0 Å². The number of aliphatic hydroxyl groups is 1. The van der Waals surface area contributed by atoms with Gasteiger partial charge in [0.05, 0.1) is 29.9 Å². The SMILES string of the molecule is CC1=CC(=Nc2c(NCCn3ccnc3)nn3ccccc23)C(NCCO)=CC1=O. The number of nitrogens with one attached hydrogen (secondary N) is 2. The maximum atomic E-state index is 12.1. The summed E-state index contributed by atoms with van der Waals surface area (Å²) in [6.45, 7) is 3.43. The number of carbonyl (C=O) groups is 1. The van der Waals surface area contributed by atoms with E-state index in [0.717, 1.165) is 12.1 Å². The van der Waals surface area contributed by atoms with Crippen LogP contribution in [0.3, 0.4) is 0 Å². The predicted molar refractivity (Wildman–Crippen MR) is 115 cm³/mol. The topological polar surface area (TPSA) is 109 Å². The number of ketones is 1. The lowest BCUT2D eigenvalue weighted by Gasteiger charge is -2.15. The molecule has 0 radical (unpaired) electrons. The number of aliphatic hydroxyl groups excluding tert-OH is 1. The Balaban J connectivity index is 1.69. The number of allylic oxidation sites excluding steroid dienone is 3. The number of nitrogens with zero attached hydrogens (tertiary/aromatic N) is 5. The summed E-state index contributed by atoms with van der Waals surface area (Å²) in [5.74, 6) is 0.575. The molecule has 9 nitrogen and oxygen atoms in total. The molecule has 30 heavy (non-hydrogen) atoms. The fourth-order valence-corrected chi connectivity index (χ4v) is 3.16. The first kappa shape index (κ1) is 19.6. The van der Waals surface area contributed by atoms with Gasteiger partial charge in [-0.05, 0) is 30.7 Å². The van der Waals surface area contributed by atoms with Crippen LogP contribution in [0.25, 0.3) is 5.52 Å². The normalized spacial score (nSPS) is 15.4. The third kappa shape index (κ3) is 4.15. The summed E-state index contributed by atoms with van der Waals surface area (Å²) >= 11 is 0. The van der Waals surface area contributed by atoms with Gasteiger partial charge in [0.1, 0.15) is 5.69 Å². The zero-order valence-electron chi connectivity index (χ0n) is 16.6. The Labute approximate surface area is 173 Å². The van der Waals surface area contributed by atoms with Crippen molar-refractivity contribution in [1.29, 1.82) is 0 Å². The first-order valence-corrected chi connectivity index (χ1v) is 9.71. The van der Waals surface area contributed by atoms with E-state index in [-0.39, 0.29) is 12.4 Å². The van der Waals surface area contributed by atoms with Crippen LogP contribution in [0.15, 0.2) is 71.5 Å². The summed E-state index contributed by atoms with van der Waals surface area (Å²) in [4.78, 5) is 21.0. The molecule has 0 spiro atoms. The van der Waals surface area contributed by atoms with Gasteiger partial charge in [-0.25, -0.2) is 14.5 Å². The molecule has 0 aliphatic heterocycles. The Morgan fingerprint density at radius 1 is 1.17 bits per heavy atom. The van der Waals surface area contributed by atoms with Crippen molar-refractivity contribution in [2.45, 2.75) is 13.5 Å². The Kier molecular flexibility index (Phi) is 5.71. The van der Waals surface area contributed by atoms with Gasteiger partial charge in [0.25, 0.3) is 0 Å². The number of aliphatic imine (C=N–C) groups is 1. The Bertz CT molecular complexity index is 1140. The maximum Gasteiger partial charge on any atom is 0.183 e. The van der Waals surface area contributed by atoms with Gasteiger partial charge >= 0.3 is 0 Å². The molecule has 3 heterocycles. The second-order valence-electron chi connectivity index (χ2n) is 6.85. The van der Waals surface area contributed by atoms with Gasteiger partial charge in [-0.1, -0.05) is 6.07 Å². The smallest absolute Gasteiger partial charge is 0.183 e. The lowest BCUT2D eigenvalue weighted by atomic mass is 10.0. The summed E-state index contributed by atoms with van der Waals surface area (Å²) in [5.41, 5.74) is 3.34. The third-order valence-corrected chi connectivity index (χ3v) is 4.69. The zero-order valence-corrected chi connectivity index (χ0v) is 16.6. The van der Waals surface area contributed by atoms with E-state index in [1.165, 1.54) is 6.08 Å². The van der Waals surface area contributed by atoms with Crippen LogP contribution in [0.5, 0.6) is 0 Å². The molecule has 0 fully saturated rings. The number of fused-ring (bicyclic) bond motifs is 1.